The molecule has 2 fully saturated rings. The number of hydrogen-bond donors (Lipinski definition) is 1. The fraction of sp³-hybridized carbons (Fsp3) is 0.515. The van der Waals surface area contributed by atoms with E-state index in [4.69, 9.17) is 14.2 Å². The van der Waals surface area contributed by atoms with E-state index in [2.05, 4.69) is 6.08 Å². The Morgan fingerprint density at radius 3 is 2.38 bits per heavy atom. The number of carbonyl (C=O) groups excluding carboxylic acids is 2. The van der Waals surface area contributed by atoms with Crippen LogP contribution in [0.2, 0.25) is 0 Å². The van der Waals surface area contributed by atoms with Crippen molar-refractivity contribution in [3.05, 3.63) is 57.7 Å². The van der Waals surface area contributed by atoms with Crippen molar-refractivity contribution in [3.8, 4) is 17.2 Å². The minimum Gasteiger partial charge on any atom is -0.506 e. The Hall–Kier alpha value is -3.12. The van der Waals surface area contributed by atoms with Crippen LogP contribution >= 0.6 is 0 Å². The van der Waals surface area contributed by atoms with Crippen molar-refractivity contribution in [2.75, 3.05) is 0 Å². The summed E-state index contributed by atoms with van der Waals surface area (Å²) in [7, 11) is 0. The fourth-order valence-electron chi connectivity index (χ4n) is 7.41. The van der Waals surface area contributed by atoms with Gasteiger partial charge in [-0.25, -0.2) is 0 Å². The molecule has 3 heterocycles. The van der Waals surface area contributed by atoms with Crippen molar-refractivity contribution in [1.29, 1.82) is 0 Å². The average molecular weight is 531 g/mol. The van der Waals surface area contributed by atoms with Crippen LogP contribution in [0.1, 0.15) is 89.7 Å². The number of benzene rings is 1. The molecule has 1 aromatic rings. The first-order valence-electron chi connectivity index (χ1n) is 13.9. The van der Waals surface area contributed by atoms with E-state index in [-0.39, 0.29) is 28.8 Å². The van der Waals surface area contributed by atoms with E-state index in [1.807, 2.05) is 73.6 Å². The minimum absolute atomic E-state index is 0.0322. The molecule has 1 N–H and O–H groups in total. The molecule has 4 atom stereocenters. The van der Waals surface area contributed by atoms with Crippen LogP contribution in [0, 0.1) is 11.8 Å². The third kappa shape index (κ3) is 3.30. The highest BCUT2D eigenvalue weighted by Gasteiger charge is 2.81. The monoisotopic (exact) mass is 530 g/mol. The molecular formula is C33H38O6. The van der Waals surface area contributed by atoms with Gasteiger partial charge in [-0.3, -0.25) is 9.59 Å². The highest BCUT2D eigenvalue weighted by molar-refractivity contribution is 6.19. The molecule has 6 heteroatoms. The van der Waals surface area contributed by atoms with Gasteiger partial charge in [0.15, 0.2) is 22.8 Å². The summed E-state index contributed by atoms with van der Waals surface area (Å²) in [5.74, 6) is -0.308. The van der Waals surface area contributed by atoms with E-state index in [0.29, 0.717) is 47.5 Å². The smallest absolute Gasteiger partial charge is 0.200 e. The number of Topliss-reactive ketones (excluding diaryl/α,β-unsaturated/α-hetero) is 2. The summed E-state index contributed by atoms with van der Waals surface area (Å²) in [5, 5.41) is 11.5. The Balaban J connectivity index is 1.67. The van der Waals surface area contributed by atoms with Gasteiger partial charge in [0.25, 0.3) is 0 Å². The predicted molar refractivity (Wildman–Crippen MR) is 149 cm³/mol. The van der Waals surface area contributed by atoms with Crippen LogP contribution in [-0.4, -0.2) is 39.1 Å². The lowest BCUT2D eigenvalue weighted by molar-refractivity contribution is -0.171. The highest BCUT2D eigenvalue weighted by Crippen LogP contribution is 2.68. The van der Waals surface area contributed by atoms with Crippen LogP contribution in [-0.2, 0) is 16.0 Å². The second kappa shape index (κ2) is 7.97. The topological polar surface area (TPSA) is 82.1 Å². The van der Waals surface area contributed by atoms with Crippen molar-refractivity contribution >= 4 is 17.6 Å². The SMILES string of the molecule is CC(C)=CCc1c2c(c(O)c3c1O[C@]14C(=CC5CC1C(C)(C)O[C@]4(CC=C(C)C)C5=O)C3=O)C=CC(C)(C)O2. The lowest BCUT2D eigenvalue weighted by Crippen LogP contribution is -2.72. The number of phenols is 1. The first kappa shape index (κ1) is 26.1. The van der Waals surface area contributed by atoms with Crippen LogP contribution in [0.5, 0.6) is 17.2 Å². The summed E-state index contributed by atoms with van der Waals surface area (Å²) in [4.78, 5) is 28.6. The fourth-order valence-corrected chi connectivity index (χ4v) is 7.41. The Kier molecular flexibility index (Phi) is 5.34. The minimum atomic E-state index is -1.34. The van der Waals surface area contributed by atoms with Crippen molar-refractivity contribution in [2.45, 2.75) is 97.1 Å². The Bertz CT molecular complexity index is 1460. The zero-order chi connectivity index (χ0) is 28.3. The lowest BCUT2D eigenvalue weighted by atomic mass is 9.51. The Morgan fingerprint density at radius 2 is 1.72 bits per heavy atom. The molecule has 6 nitrogen and oxygen atoms in total. The Labute approximate surface area is 230 Å². The van der Waals surface area contributed by atoms with E-state index in [9.17, 15) is 14.7 Å². The van der Waals surface area contributed by atoms with Crippen LogP contribution in [0.15, 0.2) is 41.0 Å². The van der Waals surface area contributed by atoms with Gasteiger partial charge in [-0.2, -0.15) is 0 Å². The third-order valence-corrected chi connectivity index (χ3v) is 9.13. The van der Waals surface area contributed by atoms with Gasteiger partial charge in [-0.05, 0) is 80.4 Å². The van der Waals surface area contributed by atoms with Gasteiger partial charge in [-0.15, -0.1) is 0 Å². The normalized spacial score (nSPS) is 31.8. The second-order valence-corrected chi connectivity index (χ2v) is 13.3. The molecule has 1 saturated heterocycles. The molecule has 4 bridgehead atoms. The quantitative estimate of drug-likeness (QED) is 0.451. The van der Waals surface area contributed by atoms with Crippen LogP contribution < -0.4 is 9.47 Å². The maximum Gasteiger partial charge on any atom is 0.200 e. The molecule has 3 aliphatic heterocycles. The number of rotatable bonds is 4. The molecule has 1 aromatic carbocycles. The standard InChI is InChI=1S/C33H38O6/c1-17(2)9-10-21-27-20(12-13-30(5,6)37-27)25(34)24-26(35)22-15-19-16-23-31(7,8)39-32(29(19)36,14-11-18(3)4)33(22,23)38-28(21)24/h9,11-13,15,19,23,34H,10,14,16H2,1-8H3/t19?,23?,32-,33-/m1/s1. The number of hydrogen-bond acceptors (Lipinski definition) is 6. The maximum atomic E-state index is 14.5. The summed E-state index contributed by atoms with van der Waals surface area (Å²) in [6.45, 7) is 15.9. The first-order chi connectivity index (χ1) is 18.1. The third-order valence-electron chi connectivity index (χ3n) is 9.13. The molecular weight excluding hydrogens is 492 g/mol. The molecule has 0 amide bonds. The number of allylic oxidation sites excluding steroid dienone is 4. The summed E-state index contributed by atoms with van der Waals surface area (Å²) < 4.78 is 20.3. The molecule has 7 rings (SSSR count). The van der Waals surface area contributed by atoms with Gasteiger partial charge in [0.05, 0.1) is 11.2 Å². The largest absolute Gasteiger partial charge is 0.506 e. The number of phenolic OH excluding ortho intramolecular Hbond substituents is 1. The number of ketones is 2. The molecule has 2 unspecified atom stereocenters. The number of aromatic hydroxyl groups is 1. The molecule has 6 aliphatic rings. The van der Waals surface area contributed by atoms with Gasteiger partial charge in [0.2, 0.25) is 0 Å². The number of carbonyl (C=O) groups is 2. The van der Waals surface area contributed by atoms with Crippen molar-refractivity contribution in [2.24, 2.45) is 11.8 Å². The van der Waals surface area contributed by atoms with Crippen molar-refractivity contribution in [1.82, 2.24) is 0 Å². The zero-order valence-electron chi connectivity index (χ0n) is 24.2. The molecule has 1 spiro atoms. The Morgan fingerprint density at radius 1 is 1.03 bits per heavy atom. The van der Waals surface area contributed by atoms with E-state index in [1.54, 1.807) is 6.08 Å². The van der Waals surface area contributed by atoms with Gasteiger partial charge in [0.1, 0.15) is 28.4 Å². The van der Waals surface area contributed by atoms with Crippen LogP contribution in [0.4, 0.5) is 0 Å². The van der Waals surface area contributed by atoms with Gasteiger partial charge in [-0.1, -0.05) is 29.4 Å². The molecule has 1 saturated carbocycles. The first-order valence-corrected chi connectivity index (χ1v) is 13.9. The van der Waals surface area contributed by atoms with E-state index in [0.717, 1.165) is 11.1 Å². The molecule has 0 radical (unpaired) electrons. The molecule has 3 aliphatic carbocycles. The molecule has 206 valence electrons. The van der Waals surface area contributed by atoms with Crippen molar-refractivity contribution in [3.63, 3.8) is 0 Å². The molecule has 39 heavy (non-hydrogen) atoms. The highest BCUT2D eigenvalue weighted by atomic mass is 16.6. The molecule has 0 aromatic heterocycles. The lowest BCUT2D eigenvalue weighted by Gasteiger charge is -2.56. The summed E-state index contributed by atoms with van der Waals surface area (Å²) in [6, 6.07) is 0. The van der Waals surface area contributed by atoms with Crippen LogP contribution in [0.3, 0.4) is 0 Å². The zero-order valence-corrected chi connectivity index (χ0v) is 24.2. The van der Waals surface area contributed by atoms with Gasteiger partial charge < -0.3 is 19.3 Å². The summed E-state index contributed by atoms with van der Waals surface area (Å²) in [6.07, 6.45) is 10.9. The number of fused-ring (bicyclic) bond motifs is 2. The maximum absolute atomic E-state index is 14.5. The predicted octanol–water partition coefficient (Wildman–Crippen LogP) is 6.45. The summed E-state index contributed by atoms with van der Waals surface area (Å²) in [5.41, 5.74) is -0.00322. The van der Waals surface area contributed by atoms with Crippen molar-refractivity contribution < 1.29 is 28.9 Å². The van der Waals surface area contributed by atoms with Gasteiger partial charge in [0, 0.05) is 29.4 Å². The van der Waals surface area contributed by atoms with E-state index in [1.165, 1.54) is 0 Å². The average Bonchev–Trinajstić information content (AvgIpc) is 2.99. The van der Waals surface area contributed by atoms with Crippen LogP contribution in [0.25, 0.3) is 6.08 Å². The number of ether oxygens (including phenoxy) is 3. The van der Waals surface area contributed by atoms with E-state index >= 15 is 0 Å². The summed E-state index contributed by atoms with van der Waals surface area (Å²) >= 11 is 0. The van der Waals surface area contributed by atoms with E-state index < -0.39 is 28.3 Å². The second-order valence-electron chi connectivity index (χ2n) is 13.3. The van der Waals surface area contributed by atoms with Gasteiger partial charge >= 0.3 is 0 Å².